The second-order valence-electron chi connectivity index (χ2n) is 5.69. The first kappa shape index (κ1) is 15.6. The molecule has 2 aromatic carbocycles. The summed E-state index contributed by atoms with van der Waals surface area (Å²) < 4.78 is 0. The summed E-state index contributed by atoms with van der Waals surface area (Å²) in [6.45, 7) is 4.84. The smallest absolute Gasteiger partial charge is 0.225 e. The van der Waals surface area contributed by atoms with Crippen LogP contribution in [-0.2, 0) is 6.54 Å². The number of fused-ring (bicyclic) bond motifs is 1. The van der Waals surface area contributed by atoms with Crippen molar-refractivity contribution in [2.75, 3.05) is 10.6 Å². The van der Waals surface area contributed by atoms with Crippen LogP contribution in [0.15, 0.2) is 48.5 Å². The highest BCUT2D eigenvalue weighted by molar-refractivity contribution is 6.30. The first-order chi connectivity index (χ1) is 11.1. The maximum atomic E-state index is 5.91. The van der Waals surface area contributed by atoms with Crippen molar-refractivity contribution in [2.24, 2.45) is 0 Å². The lowest BCUT2D eigenvalue weighted by Crippen LogP contribution is -2.13. The maximum Gasteiger partial charge on any atom is 0.225 e. The number of aromatic nitrogens is 2. The Labute approximate surface area is 140 Å². The molecule has 2 N–H and O–H groups in total. The molecule has 3 aromatic rings. The number of hydrogen-bond donors (Lipinski definition) is 2. The average molecular weight is 327 g/mol. The van der Waals surface area contributed by atoms with Crippen LogP contribution in [0.4, 0.5) is 11.8 Å². The minimum absolute atomic E-state index is 0.303. The van der Waals surface area contributed by atoms with Crippen LogP contribution in [0, 0.1) is 0 Å². The van der Waals surface area contributed by atoms with Gasteiger partial charge in [-0.2, -0.15) is 4.98 Å². The molecule has 0 unspecified atom stereocenters. The fourth-order valence-corrected chi connectivity index (χ4v) is 2.45. The van der Waals surface area contributed by atoms with E-state index in [4.69, 9.17) is 11.6 Å². The first-order valence-electron chi connectivity index (χ1n) is 7.63. The Balaban J connectivity index is 1.86. The van der Waals surface area contributed by atoms with E-state index in [1.54, 1.807) is 0 Å². The van der Waals surface area contributed by atoms with Crippen LogP contribution in [0.25, 0.3) is 10.9 Å². The highest BCUT2D eigenvalue weighted by atomic mass is 35.5. The van der Waals surface area contributed by atoms with Crippen molar-refractivity contribution < 1.29 is 0 Å². The van der Waals surface area contributed by atoms with E-state index in [0.29, 0.717) is 18.5 Å². The summed E-state index contributed by atoms with van der Waals surface area (Å²) in [5, 5.41) is 8.43. The number of nitrogens with one attached hydrogen (secondary N) is 2. The normalized spacial score (nSPS) is 11.0. The van der Waals surface area contributed by atoms with E-state index >= 15 is 0 Å². The Bertz CT molecular complexity index is 800. The van der Waals surface area contributed by atoms with Crippen LogP contribution in [0.1, 0.15) is 19.4 Å². The van der Waals surface area contributed by atoms with E-state index in [2.05, 4.69) is 34.4 Å². The van der Waals surface area contributed by atoms with Crippen molar-refractivity contribution in [1.82, 2.24) is 9.97 Å². The molecule has 5 heteroatoms. The molecule has 4 nitrogen and oxygen atoms in total. The van der Waals surface area contributed by atoms with Gasteiger partial charge in [-0.25, -0.2) is 4.98 Å². The largest absolute Gasteiger partial charge is 0.367 e. The Morgan fingerprint density at radius 3 is 2.48 bits per heavy atom. The highest BCUT2D eigenvalue weighted by Crippen LogP contribution is 2.22. The topological polar surface area (TPSA) is 49.8 Å². The first-order valence-corrected chi connectivity index (χ1v) is 8.01. The summed E-state index contributed by atoms with van der Waals surface area (Å²) in [7, 11) is 0. The molecule has 0 bridgehead atoms. The minimum Gasteiger partial charge on any atom is -0.367 e. The molecular formula is C18H19ClN4. The van der Waals surface area contributed by atoms with Gasteiger partial charge in [0.15, 0.2) is 0 Å². The number of para-hydroxylation sites is 1. The van der Waals surface area contributed by atoms with Gasteiger partial charge in [0.05, 0.1) is 5.52 Å². The number of nitrogens with zero attached hydrogens (tertiary/aromatic N) is 2. The lowest BCUT2D eigenvalue weighted by atomic mass is 10.2. The average Bonchev–Trinajstić information content (AvgIpc) is 2.54. The van der Waals surface area contributed by atoms with Crippen LogP contribution < -0.4 is 10.6 Å². The van der Waals surface area contributed by atoms with Crippen molar-refractivity contribution in [3.05, 3.63) is 59.1 Å². The molecule has 3 rings (SSSR count). The van der Waals surface area contributed by atoms with E-state index < -0.39 is 0 Å². The summed E-state index contributed by atoms with van der Waals surface area (Å²) >= 11 is 5.91. The second kappa shape index (κ2) is 6.84. The Hall–Kier alpha value is -2.33. The van der Waals surface area contributed by atoms with Gasteiger partial charge in [0.25, 0.3) is 0 Å². The molecule has 0 amide bonds. The maximum absolute atomic E-state index is 5.91. The van der Waals surface area contributed by atoms with E-state index in [1.165, 1.54) is 0 Å². The molecule has 1 aromatic heterocycles. The summed E-state index contributed by atoms with van der Waals surface area (Å²) in [6.07, 6.45) is 0. The van der Waals surface area contributed by atoms with Crippen molar-refractivity contribution in [1.29, 1.82) is 0 Å². The molecule has 0 spiro atoms. The third-order valence-corrected chi connectivity index (χ3v) is 3.64. The SMILES string of the molecule is CC(C)Nc1nc(NCc2ccc(Cl)cc2)nc2ccccc12. The number of rotatable bonds is 5. The van der Waals surface area contributed by atoms with Crippen molar-refractivity contribution in [3.63, 3.8) is 0 Å². The third kappa shape index (κ3) is 3.90. The van der Waals surface area contributed by atoms with Crippen molar-refractivity contribution in [3.8, 4) is 0 Å². The molecule has 0 aliphatic carbocycles. The zero-order chi connectivity index (χ0) is 16.2. The fraction of sp³-hybridized carbons (Fsp3) is 0.222. The third-order valence-electron chi connectivity index (χ3n) is 3.39. The van der Waals surface area contributed by atoms with Gasteiger partial charge in [0.1, 0.15) is 5.82 Å². The molecule has 23 heavy (non-hydrogen) atoms. The van der Waals surface area contributed by atoms with Crippen LogP contribution in [0.2, 0.25) is 5.02 Å². The fourth-order valence-electron chi connectivity index (χ4n) is 2.32. The molecule has 0 saturated carbocycles. The van der Waals surface area contributed by atoms with E-state index in [-0.39, 0.29) is 0 Å². The molecule has 1 heterocycles. The van der Waals surface area contributed by atoms with Gasteiger partial charge in [-0.15, -0.1) is 0 Å². The molecule has 0 atom stereocenters. The Morgan fingerprint density at radius 1 is 1.00 bits per heavy atom. The van der Waals surface area contributed by atoms with Gasteiger partial charge >= 0.3 is 0 Å². The summed E-state index contributed by atoms with van der Waals surface area (Å²) in [4.78, 5) is 9.20. The van der Waals surface area contributed by atoms with Gasteiger partial charge in [0, 0.05) is 23.0 Å². The van der Waals surface area contributed by atoms with E-state index in [1.807, 2.05) is 48.5 Å². The van der Waals surface area contributed by atoms with Crippen molar-refractivity contribution in [2.45, 2.75) is 26.4 Å². The molecule has 0 radical (unpaired) electrons. The minimum atomic E-state index is 0.303. The quantitative estimate of drug-likeness (QED) is 0.712. The zero-order valence-corrected chi connectivity index (χ0v) is 13.9. The van der Waals surface area contributed by atoms with Crippen LogP contribution in [0.3, 0.4) is 0 Å². The summed E-state index contributed by atoms with van der Waals surface area (Å²) in [6, 6.07) is 16.1. The molecule has 0 saturated heterocycles. The predicted molar refractivity (Wildman–Crippen MR) is 97.1 cm³/mol. The number of anilines is 2. The monoisotopic (exact) mass is 326 g/mol. The van der Waals surface area contributed by atoms with Crippen LogP contribution in [0.5, 0.6) is 0 Å². The lowest BCUT2D eigenvalue weighted by molar-refractivity contribution is 0.889. The molecule has 0 aliphatic rings. The van der Waals surface area contributed by atoms with Crippen LogP contribution >= 0.6 is 11.6 Å². The molecular weight excluding hydrogens is 308 g/mol. The Morgan fingerprint density at radius 2 is 1.74 bits per heavy atom. The molecule has 0 aliphatic heterocycles. The van der Waals surface area contributed by atoms with E-state index in [0.717, 1.165) is 27.3 Å². The van der Waals surface area contributed by atoms with Gasteiger partial charge in [0.2, 0.25) is 5.95 Å². The highest BCUT2D eigenvalue weighted by Gasteiger charge is 2.08. The number of hydrogen-bond acceptors (Lipinski definition) is 4. The van der Waals surface area contributed by atoms with Gasteiger partial charge in [-0.05, 0) is 43.7 Å². The number of halogens is 1. The molecule has 118 valence electrons. The second-order valence-corrected chi connectivity index (χ2v) is 6.13. The standard InChI is InChI=1S/C18H19ClN4/c1-12(2)21-17-15-5-3-4-6-16(15)22-18(23-17)20-11-13-7-9-14(19)10-8-13/h3-10,12H,11H2,1-2H3,(H2,20,21,22,23). The van der Waals surface area contributed by atoms with E-state index in [9.17, 15) is 0 Å². The summed E-state index contributed by atoms with van der Waals surface area (Å²) in [5.74, 6) is 1.46. The lowest BCUT2D eigenvalue weighted by Gasteiger charge is -2.14. The number of benzene rings is 2. The predicted octanol–water partition coefficient (Wildman–Crippen LogP) is 4.72. The summed E-state index contributed by atoms with van der Waals surface area (Å²) in [5.41, 5.74) is 2.05. The Kier molecular flexibility index (Phi) is 4.63. The van der Waals surface area contributed by atoms with Gasteiger partial charge < -0.3 is 10.6 Å². The van der Waals surface area contributed by atoms with Crippen molar-refractivity contribution >= 4 is 34.3 Å². The van der Waals surface area contributed by atoms with Gasteiger partial charge in [-0.3, -0.25) is 0 Å². The molecule has 0 fully saturated rings. The van der Waals surface area contributed by atoms with Crippen LogP contribution in [-0.4, -0.2) is 16.0 Å². The van der Waals surface area contributed by atoms with Gasteiger partial charge in [-0.1, -0.05) is 35.9 Å². The zero-order valence-electron chi connectivity index (χ0n) is 13.2.